The van der Waals surface area contributed by atoms with Crippen LogP contribution in [-0.2, 0) is 11.2 Å². The molecule has 33 heavy (non-hydrogen) atoms. The molecule has 0 spiro atoms. The summed E-state index contributed by atoms with van der Waals surface area (Å²) in [6, 6.07) is 7.93. The maximum Gasteiger partial charge on any atom is 0.258 e. The molecule has 0 aliphatic rings. The normalized spacial score (nSPS) is 12.1. The van der Waals surface area contributed by atoms with Gasteiger partial charge in [-0.15, -0.1) is 0 Å². The predicted octanol–water partition coefficient (Wildman–Crippen LogP) is 4.21. The molecule has 0 radical (unpaired) electrons. The largest absolute Gasteiger partial charge is 0.490 e. The van der Waals surface area contributed by atoms with Crippen LogP contribution >= 0.6 is 0 Å². The maximum atomic E-state index is 9.92. The van der Waals surface area contributed by atoms with Crippen molar-refractivity contribution in [1.29, 1.82) is 0 Å². The third-order valence-corrected chi connectivity index (χ3v) is 5.47. The molecular weight excluding hydrogens is 420 g/mol. The summed E-state index contributed by atoms with van der Waals surface area (Å²) in [6.45, 7) is 12.4. The summed E-state index contributed by atoms with van der Waals surface area (Å²) < 4.78 is 16.5. The topological polar surface area (TPSA) is 93.7 Å². The fourth-order valence-electron chi connectivity index (χ4n) is 3.81. The molecule has 2 aromatic heterocycles. The molecule has 178 valence electrons. The molecule has 8 nitrogen and oxygen atoms in total. The summed E-state index contributed by atoms with van der Waals surface area (Å²) in [4.78, 5) is 11.5. The first kappa shape index (κ1) is 24.7. The highest BCUT2D eigenvalue weighted by atomic mass is 16.5. The Bertz CT molecular complexity index is 1060. The Morgan fingerprint density at radius 3 is 2.42 bits per heavy atom. The fraction of sp³-hybridized carbons (Fsp3) is 0.480. The fourth-order valence-corrected chi connectivity index (χ4v) is 3.81. The van der Waals surface area contributed by atoms with E-state index in [9.17, 15) is 5.11 Å². The molecule has 1 aromatic carbocycles. The van der Waals surface area contributed by atoms with Gasteiger partial charge in [0.25, 0.3) is 5.89 Å². The van der Waals surface area contributed by atoms with Crippen LogP contribution in [0.15, 0.2) is 28.8 Å². The summed E-state index contributed by atoms with van der Waals surface area (Å²) in [7, 11) is 1.55. The number of pyridine rings is 1. The van der Waals surface area contributed by atoms with Gasteiger partial charge in [-0.3, -0.25) is 0 Å². The molecule has 0 saturated carbocycles. The Hall–Kier alpha value is -2.97. The minimum atomic E-state index is -0.677. The molecule has 1 atom stereocenters. The number of aromatic nitrogens is 3. The van der Waals surface area contributed by atoms with Crippen LogP contribution in [0, 0.1) is 13.8 Å². The number of ether oxygens (including phenoxy) is 2. The zero-order chi connectivity index (χ0) is 24.0. The zero-order valence-corrected chi connectivity index (χ0v) is 20.4. The van der Waals surface area contributed by atoms with Crippen molar-refractivity contribution in [3.63, 3.8) is 0 Å². The van der Waals surface area contributed by atoms with Gasteiger partial charge in [-0.05, 0) is 69.5 Å². The maximum absolute atomic E-state index is 9.92. The van der Waals surface area contributed by atoms with Crippen LogP contribution in [0.2, 0.25) is 0 Å². The van der Waals surface area contributed by atoms with E-state index in [0.29, 0.717) is 11.7 Å². The van der Waals surface area contributed by atoms with Gasteiger partial charge in [-0.2, -0.15) is 4.98 Å². The number of nitrogens with zero attached hydrogens (tertiary/aromatic N) is 4. The van der Waals surface area contributed by atoms with Crippen molar-refractivity contribution in [3.05, 3.63) is 41.1 Å². The summed E-state index contributed by atoms with van der Waals surface area (Å²) >= 11 is 0. The third-order valence-electron chi connectivity index (χ3n) is 5.47. The van der Waals surface area contributed by atoms with Crippen LogP contribution in [-0.4, -0.2) is 59.7 Å². The van der Waals surface area contributed by atoms with Crippen LogP contribution in [0.25, 0.3) is 22.8 Å². The first-order valence-corrected chi connectivity index (χ1v) is 11.4. The molecule has 2 heterocycles. The van der Waals surface area contributed by atoms with E-state index in [0.717, 1.165) is 59.0 Å². The van der Waals surface area contributed by atoms with Gasteiger partial charge in [-0.25, -0.2) is 4.98 Å². The van der Waals surface area contributed by atoms with E-state index in [2.05, 4.69) is 40.8 Å². The Kier molecular flexibility index (Phi) is 8.41. The van der Waals surface area contributed by atoms with Crippen molar-refractivity contribution >= 4 is 5.82 Å². The molecule has 0 fully saturated rings. The van der Waals surface area contributed by atoms with Gasteiger partial charge in [-0.1, -0.05) is 12.1 Å². The second-order valence-corrected chi connectivity index (χ2v) is 8.01. The van der Waals surface area contributed by atoms with E-state index in [-0.39, 0.29) is 13.2 Å². The lowest BCUT2D eigenvalue weighted by atomic mass is 10.0. The molecule has 0 aliphatic carbocycles. The van der Waals surface area contributed by atoms with E-state index in [4.69, 9.17) is 14.0 Å². The monoisotopic (exact) mass is 454 g/mol. The average Bonchev–Trinajstić information content (AvgIpc) is 3.29. The highest BCUT2D eigenvalue weighted by Crippen LogP contribution is 2.32. The van der Waals surface area contributed by atoms with Gasteiger partial charge in [0, 0.05) is 37.0 Å². The van der Waals surface area contributed by atoms with Crippen LogP contribution in [0.1, 0.15) is 37.6 Å². The van der Waals surface area contributed by atoms with Crippen LogP contribution in [0.4, 0.5) is 5.82 Å². The van der Waals surface area contributed by atoms with Crippen molar-refractivity contribution in [1.82, 2.24) is 15.1 Å². The third kappa shape index (κ3) is 5.89. The van der Waals surface area contributed by atoms with Crippen LogP contribution in [0.3, 0.4) is 0 Å². The molecule has 1 unspecified atom stereocenters. The molecule has 0 saturated heterocycles. The first-order chi connectivity index (χ1) is 15.9. The second-order valence-electron chi connectivity index (χ2n) is 8.01. The van der Waals surface area contributed by atoms with E-state index >= 15 is 0 Å². The van der Waals surface area contributed by atoms with Crippen molar-refractivity contribution in [2.45, 2.75) is 47.1 Å². The number of benzene rings is 1. The van der Waals surface area contributed by atoms with E-state index < -0.39 is 6.10 Å². The highest BCUT2D eigenvalue weighted by Gasteiger charge is 2.17. The number of anilines is 1. The SMILES string of the molecule is CCc1cc(-c2noc(-c3cc(C)nc(N(CC)CC)c3)n2)cc(C)c1OCC(O)COC. The van der Waals surface area contributed by atoms with Crippen LogP contribution in [0.5, 0.6) is 5.75 Å². The van der Waals surface area contributed by atoms with Gasteiger partial charge in [0.1, 0.15) is 24.3 Å². The van der Waals surface area contributed by atoms with Gasteiger partial charge >= 0.3 is 0 Å². The number of aliphatic hydroxyl groups excluding tert-OH is 1. The predicted molar refractivity (Wildman–Crippen MR) is 129 cm³/mol. The Morgan fingerprint density at radius 2 is 1.76 bits per heavy atom. The number of aliphatic hydroxyl groups is 1. The van der Waals surface area contributed by atoms with Gasteiger partial charge in [0.05, 0.1) is 6.61 Å². The number of aryl methyl sites for hydroxylation is 3. The molecule has 8 heteroatoms. The first-order valence-electron chi connectivity index (χ1n) is 11.4. The summed E-state index contributed by atoms with van der Waals surface area (Å²) in [6.07, 6.45) is 0.0925. The standard InChI is InChI=1S/C25H34N4O4/c1-7-18-12-19(10-16(4)23(18)32-15-21(30)14-31-6)24-27-25(33-28-24)20-11-17(5)26-22(13-20)29(8-2)9-3/h10-13,21,30H,7-9,14-15H2,1-6H3. The lowest BCUT2D eigenvalue weighted by Gasteiger charge is -2.20. The summed E-state index contributed by atoms with van der Waals surface area (Å²) in [5, 5.41) is 14.2. The van der Waals surface area contributed by atoms with Crippen molar-refractivity contribution in [2.24, 2.45) is 0 Å². The van der Waals surface area contributed by atoms with Crippen molar-refractivity contribution in [3.8, 4) is 28.6 Å². The quantitative estimate of drug-likeness (QED) is 0.460. The molecular formula is C25H34N4O4. The number of hydrogen-bond acceptors (Lipinski definition) is 8. The van der Waals surface area contributed by atoms with Gasteiger partial charge in [0.2, 0.25) is 5.82 Å². The Labute approximate surface area is 195 Å². The molecule has 3 rings (SSSR count). The lowest BCUT2D eigenvalue weighted by Crippen LogP contribution is -2.23. The Morgan fingerprint density at radius 1 is 1.00 bits per heavy atom. The number of hydrogen-bond donors (Lipinski definition) is 1. The minimum absolute atomic E-state index is 0.170. The van der Waals surface area contributed by atoms with E-state index in [1.165, 1.54) is 0 Å². The smallest absolute Gasteiger partial charge is 0.258 e. The van der Waals surface area contributed by atoms with Crippen LogP contribution < -0.4 is 9.64 Å². The molecule has 0 bridgehead atoms. The molecule has 0 amide bonds. The summed E-state index contributed by atoms with van der Waals surface area (Å²) in [5.41, 5.74) is 4.57. The minimum Gasteiger partial charge on any atom is -0.490 e. The molecule has 1 N–H and O–H groups in total. The average molecular weight is 455 g/mol. The summed E-state index contributed by atoms with van der Waals surface area (Å²) in [5.74, 6) is 2.65. The number of rotatable bonds is 11. The highest BCUT2D eigenvalue weighted by molar-refractivity contribution is 5.65. The van der Waals surface area contributed by atoms with Gasteiger partial charge in [0.15, 0.2) is 0 Å². The van der Waals surface area contributed by atoms with E-state index in [1.54, 1.807) is 7.11 Å². The van der Waals surface area contributed by atoms with E-state index in [1.807, 2.05) is 38.1 Å². The second kappa shape index (κ2) is 11.2. The lowest BCUT2D eigenvalue weighted by molar-refractivity contribution is 0.0322. The zero-order valence-electron chi connectivity index (χ0n) is 20.4. The van der Waals surface area contributed by atoms with Crippen molar-refractivity contribution in [2.75, 3.05) is 38.3 Å². The van der Waals surface area contributed by atoms with Gasteiger partial charge < -0.3 is 24.0 Å². The number of methoxy groups -OCH3 is 1. The molecule has 0 aliphatic heterocycles. The molecule has 3 aromatic rings. The Balaban J connectivity index is 1.89. The van der Waals surface area contributed by atoms with Crippen molar-refractivity contribution < 1.29 is 19.1 Å².